The van der Waals surface area contributed by atoms with E-state index >= 15 is 0 Å². The average Bonchev–Trinajstić information content (AvgIpc) is 2.77. The molecule has 1 aromatic rings. The molecule has 1 aliphatic rings. The van der Waals surface area contributed by atoms with Crippen molar-refractivity contribution in [1.29, 1.82) is 0 Å². The standard InChI is InChI=1S/C9H13F3N4.C2HF3O2/c1-15(2)7-6-5-13-3-4-16(6)8(14-7)9(10,11)12;3-2(4,5)1(6)7/h13H,3-5H2,1-2H3;(H,6,7). The Bertz CT molecular complexity index is 564. The molecule has 0 radical (unpaired) electrons. The third kappa shape index (κ3) is 4.74. The number of halogens is 6. The molecule has 2 heterocycles. The Morgan fingerprint density at radius 1 is 1.26 bits per heavy atom. The van der Waals surface area contributed by atoms with Crippen LogP contribution in [0.3, 0.4) is 0 Å². The summed E-state index contributed by atoms with van der Waals surface area (Å²) in [6.45, 7) is 1.28. The van der Waals surface area contributed by atoms with Gasteiger partial charge in [0.15, 0.2) is 5.82 Å². The van der Waals surface area contributed by atoms with Crippen LogP contribution in [0.15, 0.2) is 0 Å². The number of carboxylic acids is 1. The SMILES string of the molecule is CN(C)c1nc(C(F)(F)F)n2c1CNCC2.O=C(O)C(F)(F)F. The number of imidazole rings is 1. The molecule has 0 atom stereocenters. The topological polar surface area (TPSA) is 70.4 Å². The van der Waals surface area contributed by atoms with Gasteiger partial charge in [0, 0.05) is 33.7 Å². The first-order valence-corrected chi connectivity index (χ1v) is 6.20. The largest absolute Gasteiger partial charge is 0.490 e. The molecule has 0 aliphatic carbocycles. The van der Waals surface area contributed by atoms with Crippen LogP contribution in [0.25, 0.3) is 0 Å². The van der Waals surface area contributed by atoms with E-state index in [9.17, 15) is 26.3 Å². The highest BCUT2D eigenvalue weighted by Crippen LogP contribution is 2.33. The number of nitrogens with zero attached hydrogens (tertiary/aromatic N) is 3. The lowest BCUT2D eigenvalue weighted by Gasteiger charge is -2.20. The molecule has 1 aromatic heterocycles. The zero-order chi connectivity index (χ0) is 18.0. The van der Waals surface area contributed by atoms with Crippen molar-refractivity contribution in [2.45, 2.75) is 25.4 Å². The third-order valence-electron chi connectivity index (χ3n) is 2.78. The van der Waals surface area contributed by atoms with E-state index in [1.165, 1.54) is 4.57 Å². The number of hydrogen-bond donors (Lipinski definition) is 2. The Labute approximate surface area is 126 Å². The van der Waals surface area contributed by atoms with Gasteiger partial charge in [-0.25, -0.2) is 9.78 Å². The Morgan fingerprint density at radius 2 is 1.78 bits per heavy atom. The molecule has 0 fully saturated rings. The van der Waals surface area contributed by atoms with Crippen molar-refractivity contribution in [3.63, 3.8) is 0 Å². The highest BCUT2D eigenvalue weighted by Gasteiger charge is 2.40. The first-order chi connectivity index (χ1) is 10.4. The zero-order valence-electron chi connectivity index (χ0n) is 12.1. The van der Waals surface area contributed by atoms with Crippen molar-refractivity contribution in [2.24, 2.45) is 0 Å². The summed E-state index contributed by atoms with van der Waals surface area (Å²) < 4.78 is 71.2. The number of carbonyl (C=O) groups is 1. The highest BCUT2D eigenvalue weighted by molar-refractivity contribution is 5.73. The lowest BCUT2D eigenvalue weighted by molar-refractivity contribution is -0.192. The van der Waals surface area contributed by atoms with E-state index in [0.717, 1.165) is 0 Å². The van der Waals surface area contributed by atoms with Gasteiger partial charge in [0.1, 0.15) is 0 Å². The molecule has 0 amide bonds. The summed E-state index contributed by atoms with van der Waals surface area (Å²) in [6, 6.07) is 0. The monoisotopic (exact) mass is 348 g/mol. The van der Waals surface area contributed by atoms with Gasteiger partial charge < -0.3 is 19.9 Å². The van der Waals surface area contributed by atoms with Gasteiger partial charge in [-0.05, 0) is 0 Å². The fourth-order valence-corrected chi connectivity index (χ4v) is 1.86. The van der Waals surface area contributed by atoms with E-state index in [4.69, 9.17) is 9.90 Å². The second-order valence-electron chi connectivity index (χ2n) is 4.73. The Morgan fingerprint density at radius 3 is 2.17 bits per heavy atom. The summed E-state index contributed by atoms with van der Waals surface area (Å²) in [7, 11) is 3.38. The Balaban J connectivity index is 0.000000322. The van der Waals surface area contributed by atoms with Gasteiger partial charge in [-0.1, -0.05) is 0 Å². The summed E-state index contributed by atoms with van der Waals surface area (Å²) in [4.78, 5) is 14.2. The van der Waals surface area contributed by atoms with Gasteiger partial charge >= 0.3 is 18.3 Å². The summed E-state index contributed by atoms with van der Waals surface area (Å²) in [5.74, 6) is -3.17. The normalized spacial score (nSPS) is 14.6. The minimum absolute atomic E-state index is 0.311. The lowest BCUT2D eigenvalue weighted by Crippen LogP contribution is -2.31. The van der Waals surface area contributed by atoms with Crippen LogP contribution in [-0.4, -0.2) is 47.4 Å². The molecule has 0 saturated heterocycles. The first-order valence-electron chi connectivity index (χ1n) is 6.20. The van der Waals surface area contributed by atoms with Gasteiger partial charge in [-0.15, -0.1) is 0 Å². The predicted molar refractivity (Wildman–Crippen MR) is 67.0 cm³/mol. The van der Waals surface area contributed by atoms with Crippen LogP contribution in [0, 0.1) is 0 Å². The van der Waals surface area contributed by atoms with Crippen molar-refractivity contribution < 1.29 is 36.2 Å². The van der Waals surface area contributed by atoms with Gasteiger partial charge in [-0.2, -0.15) is 26.3 Å². The molecular formula is C11H14F6N4O2. The summed E-state index contributed by atoms with van der Waals surface area (Å²) in [6.07, 6.45) is -9.47. The maximum atomic E-state index is 12.7. The fraction of sp³-hybridized carbons (Fsp3) is 0.636. The molecular weight excluding hydrogens is 334 g/mol. The lowest BCUT2D eigenvalue weighted by atomic mass is 10.3. The molecule has 1 aliphatic heterocycles. The number of fused-ring (bicyclic) bond motifs is 1. The van der Waals surface area contributed by atoms with E-state index in [1.807, 2.05) is 0 Å². The first kappa shape index (κ1) is 19.1. The van der Waals surface area contributed by atoms with Gasteiger partial charge in [0.2, 0.25) is 5.82 Å². The molecule has 2 N–H and O–H groups in total. The fourth-order valence-electron chi connectivity index (χ4n) is 1.86. The number of aromatic nitrogens is 2. The summed E-state index contributed by atoms with van der Waals surface area (Å²) in [5, 5.41) is 10.2. The Kier molecular flexibility index (Phi) is 5.51. The van der Waals surface area contributed by atoms with Crippen molar-refractivity contribution >= 4 is 11.8 Å². The molecule has 132 valence electrons. The highest BCUT2D eigenvalue weighted by atomic mass is 19.4. The van der Waals surface area contributed by atoms with Crippen LogP contribution >= 0.6 is 0 Å². The van der Waals surface area contributed by atoms with E-state index in [0.29, 0.717) is 31.1 Å². The molecule has 2 rings (SSSR count). The Hall–Kier alpha value is -1.98. The van der Waals surface area contributed by atoms with Crippen LogP contribution in [0.2, 0.25) is 0 Å². The number of aliphatic carboxylic acids is 1. The van der Waals surface area contributed by atoms with E-state index in [1.54, 1.807) is 19.0 Å². The van der Waals surface area contributed by atoms with Gasteiger partial charge in [0.25, 0.3) is 0 Å². The number of hydrogen-bond acceptors (Lipinski definition) is 4. The van der Waals surface area contributed by atoms with E-state index in [2.05, 4.69) is 10.3 Å². The molecule has 0 aromatic carbocycles. The minimum atomic E-state index is -5.08. The van der Waals surface area contributed by atoms with Crippen molar-refractivity contribution in [3.05, 3.63) is 11.5 Å². The number of carboxylic acid groups (broad SMARTS) is 1. The average molecular weight is 348 g/mol. The maximum Gasteiger partial charge on any atom is 0.490 e. The summed E-state index contributed by atoms with van der Waals surface area (Å²) >= 11 is 0. The molecule has 0 saturated carbocycles. The van der Waals surface area contributed by atoms with Crippen LogP contribution in [0.5, 0.6) is 0 Å². The number of anilines is 1. The van der Waals surface area contributed by atoms with Crippen LogP contribution < -0.4 is 10.2 Å². The zero-order valence-corrected chi connectivity index (χ0v) is 12.1. The summed E-state index contributed by atoms with van der Waals surface area (Å²) in [5.41, 5.74) is 0.601. The minimum Gasteiger partial charge on any atom is -0.475 e. The van der Waals surface area contributed by atoms with Gasteiger partial charge in [0.05, 0.1) is 5.69 Å². The quantitative estimate of drug-likeness (QED) is 0.756. The second-order valence-corrected chi connectivity index (χ2v) is 4.73. The van der Waals surface area contributed by atoms with Crippen molar-refractivity contribution in [1.82, 2.24) is 14.9 Å². The molecule has 0 bridgehead atoms. The molecule has 0 unspecified atom stereocenters. The molecule has 6 nitrogen and oxygen atoms in total. The smallest absolute Gasteiger partial charge is 0.475 e. The number of nitrogens with one attached hydrogen (secondary N) is 1. The predicted octanol–water partition coefficient (Wildman–Crippen LogP) is 1.70. The molecule has 0 spiro atoms. The molecule has 23 heavy (non-hydrogen) atoms. The van der Waals surface area contributed by atoms with Crippen LogP contribution in [0.1, 0.15) is 11.5 Å². The van der Waals surface area contributed by atoms with Crippen molar-refractivity contribution in [3.8, 4) is 0 Å². The van der Waals surface area contributed by atoms with Gasteiger partial charge in [-0.3, -0.25) is 0 Å². The second kappa shape index (κ2) is 6.64. The number of rotatable bonds is 1. The maximum absolute atomic E-state index is 12.7. The van der Waals surface area contributed by atoms with Crippen molar-refractivity contribution in [2.75, 3.05) is 25.5 Å². The molecule has 12 heteroatoms. The van der Waals surface area contributed by atoms with Crippen LogP contribution in [-0.2, 0) is 24.1 Å². The van der Waals surface area contributed by atoms with E-state index < -0.39 is 24.1 Å². The third-order valence-corrected chi connectivity index (χ3v) is 2.78. The number of alkyl halides is 6. The van der Waals surface area contributed by atoms with Crippen LogP contribution in [0.4, 0.5) is 32.2 Å². The van der Waals surface area contributed by atoms with E-state index in [-0.39, 0.29) is 0 Å².